The van der Waals surface area contributed by atoms with Crippen LogP contribution in [0.2, 0.25) is 0 Å². The Labute approximate surface area is 138 Å². The van der Waals surface area contributed by atoms with Crippen LogP contribution in [0.15, 0.2) is 24.3 Å². The lowest BCUT2D eigenvalue weighted by molar-refractivity contribution is -0.0500. The summed E-state index contributed by atoms with van der Waals surface area (Å²) in [4.78, 5) is 6.45. The van der Waals surface area contributed by atoms with E-state index in [1.165, 1.54) is 12.1 Å². The molecule has 9 heteroatoms. The van der Waals surface area contributed by atoms with Gasteiger partial charge in [0.25, 0.3) is 0 Å². The van der Waals surface area contributed by atoms with E-state index in [0.717, 1.165) is 30.5 Å². The van der Waals surface area contributed by atoms with Gasteiger partial charge in [0.2, 0.25) is 0 Å². The van der Waals surface area contributed by atoms with E-state index in [1.54, 1.807) is 6.07 Å². The molecule has 0 bridgehead atoms. The van der Waals surface area contributed by atoms with Crippen molar-refractivity contribution in [1.29, 1.82) is 0 Å². The van der Waals surface area contributed by atoms with Crippen LogP contribution in [0.5, 0.6) is 5.75 Å². The number of halogens is 3. The van der Waals surface area contributed by atoms with Crippen LogP contribution in [0.1, 0.15) is 19.5 Å². The van der Waals surface area contributed by atoms with Gasteiger partial charge in [-0.15, -0.1) is 0 Å². The van der Waals surface area contributed by atoms with Crippen molar-refractivity contribution in [3.63, 3.8) is 0 Å². The van der Waals surface area contributed by atoms with E-state index in [0.29, 0.717) is 10.9 Å². The van der Waals surface area contributed by atoms with Crippen molar-refractivity contribution in [3.8, 4) is 5.75 Å². The summed E-state index contributed by atoms with van der Waals surface area (Å²) in [5, 5.41) is 0.498. The minimum atomic E-state index is -5.69. The second-order valence-corrected chi connectivity index (χ2v) is 6.64. The molecule has 0 saturated heterocycles. The summed E-state index contributed by atoms with van der Waals surface area (Å²) in [6.45, 7) is 7.27. The zero-order valence-corrected chi connectivity index (χ0v) is 14.2. The second-order valence-electron chi connectivity index (χ2n) is 5.10. The fourth-order valence-corrected chi connectivity index (χ4v) is 2.80. The molecule has 0 atom stereocenters. The molecule has 0 aliphatic carbocycles. The minimum absolute atomic E-state index is 0.407. The number of benzene rings is 1. The number of hydrogen-bond acceptors (Lipinski definition) is 5. The molecule has 0 radical (unpaired) electrons. The number of aromatic nitrogens is 1. The van der Waals surface area contributed by atoms with Crippen molar-refractivity contribution in [2.45, 2.75) is 26.3 Å². The first-order valence-electron chi connectivity index (χ1n) is 7.26. The second kappa shape index (κ2) is 6.46. The number of hydrogen-bond donors (Lipinski definition) is 0. The summed E-state index contributed by atoms with van der Waals surface area (Å²) < 4.78 is 63.6. The topological polar surface area (TPSA) is 59.5 Å². The van der Waals surface area contributed by atoms with Crippen molar-refractivity contribution >= 4 is 26.7 Å². The van der Waals surface area contributed by atoms with Gasteiger partial charge in [0.15, 0.2) is 0 Å². The molecule has 24 heavy (non-hydrogen) atoms. The molecule has 1 aromatic heterocycles. The molecule has 0 aliphatic heterocycles. The molecule has 0 N–H and O–H groups in total. The highest BCUT2D eigenvalue weighted by atomic mass is 32.2. The van der Waals surface area contributed by atoms with Crippen LogP contribution in [-0.4, -0.2) is 32.0 Å². The molecular formula is C15H17F3N2O3S. The average Bonchev–Trinajstić information content (AvgIpc) is 2.47. The van der Waals surface area contributed by atoms with Crippen LogP contribution in [0.25, 0.3) is 10.9 Å². The maximum atomic E-state index is 12.4. The summed E-state index contributed by atoms with van der Waals surface area (Å²) in [5.74, 6) is -0.407. The maximum absolute atomic E-state index is 12.4. The number of alkyl halides is 3. The highest BCUT2D eigenvalue weighted by Crippen LogP contribution is 2.30. The number of anilines is 1. The van der Waals surface area contributed by atoms with Crippen molar-refractivity contribution in [2.75, 3.05) is 18.0 Å². The smallest absolute Gasteiger partial charge is 0.376 e. The van der Waals surface area contributed by atoms with Crippen LogP contribution in [-0.2, 0) is 10.1 Å². The molecule has 2 aromatic rings. The Kier molecular flexibility index (Phi) is 4.93. The van der Waals surface area contributed by atoms with Crippen molar-refractivity contribution in [3.05, 3.63) is 30.0 Å². The molecule has 5 nitrogen and oxygen atoms in total. The molecule has 132 valence electrons. The Morgan fingerprint density at radius 1 is 1.17 bits per heavy atom. The standard InChI is InChI=1S/C15H17F3N2O3S/c1-4-20(5-2)14-9-11-8-12(6-7-13(11)19-10(14)3)23-24(21,22)15(16,17)18/h6-9H,4-5H2,1-3H3. The SMILES string of the molecule is CCN(CC)c1cc2cc(OS(=O)(=O)C(F)(F)F)ccc2nc1C. The lowest BCUT2D eigenvalue weighted by atomic mass is 10.1. The number of rotatable bonds is 5. The normalized spacial score (nSPS) is 12.4. The van der Waals surface area contributed by atoms with Gasteiger partial charge in [-0.2, -0.15) is 21.6 Å². The molecule has 0 saturated carbocycles. The highest BCUT2D eigenvalue weighted by molar-refractivity contribution is 7.88. The van der Waals surface area contributed by atoms with E-state index >= 15 is 0 Å². The molecule has 1 aromatic carbocycles. The molecule has 1 heterocycles. The van der Waals surface area contributed by atoms with Gasteiger partial charge >= 0.3 is 15.6 Å². The van der Waals surface area contributed by atoms with Gasteiger partial charge in [-0.25, -0.2) is 0 Å². The van der Waals surface area contributed by atoms with Gasteiger partial charge in [-0.1, -0.05) is 0 Å². The molecule has 0 fully saturated rings. The Balaban J connectivity index is 2.49. The fourth-order valence-electron chi connectivity index (χ4n) is 2.35. The lowest BCUT2D eigenvalue weighted by Gasteiger charge is -2.23. The van der Waals surface area contributed by atoms with Crippen LogP contribution < -0.4 is 9.08 Å². The summed E-state index contributed by atoms with van der Waals surface area (Å²) in [6.07, 6.45) is 0. The van der Waals surface area contributed by atoms with E-state index in [1.807, 2.05) is 25.7 Å². The Morgan fingerprint density at radius 2 is 1.79 bits per heavy atom. The molecule has 0 unspecified atom stereocenters. The number of aryl methyl sites for hydroxylation is 1. The quantitative estimate of drug-likeness (QED) is 0.601. The number of nitrogens with zero attached hydrogens (tertiary/aromatic N) is 2. The molecule has 0 aliphatic rings. The van der Waals surface area contributed by atoms with Gasteiger partial charge in [-0.05, 0) is 45.0 Å². The lowest BCUT2D eigenvalue weighted by Crippen LogP contribution is -2.28. The third-order valence-corrected chi connectivity index (χ3v) is 4.52. The van der Waals surface area contributed by atoms with Gasteiger partial charge < -0.3 is 9.08 Å². The van der Waals surface area contributed by atoms with Gasteiger partial charge in [0.1, 0.15) is 5.75 Å². The first kappa shape index (κ1) is 18.3. The van der Waals surface area contributed by atoms with Crippen molar-refractivity contribution in [2.24, 2.45) is 0 Å². The summed E-state index contributed by atoms with van der Waals surface area (Å²) >= 11 is 0. The van der Waals surface area contributed by atoms with E-state index in [9.17, 15) is 21.6 Å². The van der Waals surface area contributed by atoms with Crippen LogP contribution in [0.4, 0.5) is 18.9 Å². The van der Waals surface area contributed by atoms with E-state index in [4.69, 9.17) is 0 Å². The highest BCUT2D eigenvalue weighted by Gasteiger charge is 2.48. The third kappa shape index (κ3) is 3.55. The minimum Gasteiger partial charge on any atom is -0.376 e. The Hall–Kier alpha value is -2.03. The van der Waals surface area contributed by atoms with E-state index in [2.05, 4.69) is 9.17 Å². The fraction of sp³-hybridized carbons (Fsp3) is 0.400. The van der Waals surface area contributed by atoms with Crippen molar-refractivity contribution in [1.82, 2.24) is 4.98 Å². The Bertz CT molecular complexity index is 847. The predicted molar refractivity (Wildman–Crippen MR) is 85.6 cm³/mol. The zero-order chi connectivity index (χ0) is 18.1. The summed E-state index contributed by atoms with van der Waals surface area (Å²) in [5.41, 5.74) is -3.31. The third-order valence-electron chi connectivity index (χ3n) is 3.54. The average molecular weight is 362 g/mol. The first-order chi connectivity index (χ1) is 11.1. The van der Waals surface area contributed by atoms with Crippen LogP contribution >= 0.6 is 0 Å². The zero-order valence-electron chi connectivity index (χ0n) is 13.4. The molecule has 2 rings (SSSR count). The van der Waals surface area contributed by atoms with Gasteiger partial charge in [-0.3, -0.25) is 4.98 Å². The largest absolute Gasteiger partial charge is 0.534 e. The van der Waals surface area contributed by atoms with Crippen LogP contribution in [0, 0.1) is 6.92 Å². The van der Waals surface area contributed by atoms with Gasteiger partial charge in [0, 0.05) is 18.5 Å². The first-order valence-corrected chi connectivity index (χ1v) is 8.67. The summed E-state index contributed by atoms with van der Waals surface area (Å²) in [6, 6.07) is 5.57. The monoisotopic (exact) mass is 362 g/mol. The molecule has 0 spiro atoms. The number of fused-ring (bicyclic) bond motifs is 1. The van der Waals surface area contributed by atoms with Crippen molar-refractivity contribution < 1.29 is 25.8 Å². The maximum Gasteiger partial charge on any atom is 0.534 e. The molecular weight excluding hydrogens is 345 g/mol. The number of pyridine rings is 1. The van der Waals surface area contributed by atoms with Gasteiger partial charge in [0.05, 0.1) is 16.9 Å². The van der Waals surface area contributed by atoms with E-state index in [-0.39, 0.29) is 0 Å². The predicted octanol–water partition coefficient (Wildman–Crippen LogP) is 3.62. The Morgan fingerprint density at radius 3 is 2.33 bits per heavy atom. The van der Waals surface area contributed by atoms with Crippen LogP contribution in [0.3, 0.4) is 0 Å². The summed E-state index contributed by atoms with van der Waals surface area (Å²) in [7, 11) is -5.69. The van der Waals surface area contributed by atoms with E-state index < -0.39 is 21.4 Å². The molecule has 0 amide bonds.